The van der Waals surface area contributed by atoms with E-state index >= 15 is 0 Å². The molecule has 0 saturated carbocycles. The number of para-hydroxylation sites is 1. The number of hydrogen-bond donors (Lipinski definition) is 2. The SMILES string of the molecule is COc1ccc(-n2c(O)c(/C=C\C=Nc3ccccc3)c(=O)[nH]c2=O)cc1. The van der Waals surface area contributed by atoms with Crippen molar-refractivity contribution in [3.63, 3.8) is 0 Å². The first-order valence-electron chi connectivity index (χ1n) is 8.08. The molecule has 2 aromatic carbocycles. The van der Waals surface area contributed by atoms with Crippen molar-refractivity contribution in [2.24, 2.45) is 4.99 Å². The minimum atomic E-state index is -0.738. The van der Waals surface area contributed by atoms with Crippen LogP contribution in [0.4, 0.5) is 5.69 Å². The normalized spacial score (nSPS) is 11.3. The first-order chi connectivity index (χ1) is 13.1. The molecule has 0 bridgehead atoms. The molecule has 0 amide bonds. The third-order valence-corrected chi connectivity index (χ3v) is 3.78. The summed E-state index contributed by atoms with van der Waals surface area (Å²) in [4.78, 5) is 30.6. The molecule has 0 radical (unpaired) electrons. The van der Waals surface area contributed by atoms with E-state index < -0.39 is 17.1 Å². The molecule has 0 fully saturated rings. The van der Waals surface area contributed by atoms with E-state index in [0.29, 0.717) is 11.4 Å². The lowest BCUT2D eigenvalue weighted by molar-refractivity contribution is 0.414. The van der Waals surface area contributed by atoms with Crippen molar-refractivity contribution in [3.8, 4) is 17.3 Å². The monoisotopic (exact) mass is 363 g/mol. The fraction of sp³-hybridized carbons (Fsp3) is 0.0500. The van der Waals surface area contributed by atoms with Crippen LogP contribution in [0.3, 0.4) is 0 Å². The van der Waals surface area contributed by atoms with Gasteiger partial charge in [0.15, 0.2) is 0 Å². The Hall–Kier alpha value is -3.87. The zero-order chi connectivity index (χ0) is 19.2. The maximum absolute atomic E-state index is 12.1. The Bertz CT molecular complexity index is 1090. The molecule has 1 aromatic heterocycles. The van der Waals surface area contributed by atoms with Crippen molar-refractivity contribution in [2.75, 3.05) is 7.11 Å². The zero-order valence-electron chi connectivity index (χ0n) is 14.5. The molecular formula is C20H17N3O4. The lowest BCUT2D eigenvalue weighted by atomic mass is 10.2. The quantitative estimate of drug-likeness (QED) is 0.681. The van der Waals surface area contributed by atoms with Crippen LogP contribution in [0.5, 0.6) is 11.6 Å². The predicted octanol–water partition coefficient (Wildman–Crippen LogP) is 2.66. The van der Waals surface area contributed by atoms with Gasteiger partial charge in [0.1, 0.15) is 11.3 Å². The zero-order valence-corrected chi connectivity index (χ0v) is 14.5. The number of nitrogens with zero attached hydrogens (tertiary/aromatic N) is 2. The van der Waals surface area contributed by atoms with Crippen LogP contribution in [0.25, 0.3) is 11.8 Å². The summed E-state index contributed by atoms with van der Waals surface area (Å²) in [5.74, 6) is 0.145. The molecule has 136 valence electrons. The molecule has 7 heteroatoms. The van der Waals surface area contributed by atoms with E-state index in [1.54, 1.807) is 24.3 Å². The van der Waals surface area contributed by atoms with Gasteiger partial charge in [-0.05, 0) is 48.6 Å². The first kappa shape index (κ1) is 17.9. The van der Waals surface area contributed by atoms with Crippen molar-refractivity contribution in [1.82, 2.24) is 9.55 Å². The largest absolute Gasteiger partial charge is 0.497 e. The first-order valence-corrected chi connectivity index (χ1v) is 8.08. The number of aliphatic imine (C=N–C) groups is 1. The summed E-state index contributed by atoms with van der Waals surface area (Å²) < 4.78 is 6.09. The molecule has 0 atom stereocenters. The van der Waals surface area contributed by atoms with Gasteiger partial charge in [-0.3, -0.25) is 14.8 Å². The lowest BCUT2D eigenvalue weighted by Crippen LogP contribution is -2.30. The Kier molecular flexibility index (Phi) is 5.32. The van der Waals surface area contributed by atoms with Gasteiger partial charge >= 0.3 is 5.69 Å². The molecule has 0 aliphatic rings. The third-order valence-electron chi connectivity index (χ3n) is 3.78. The molecule has 0 saturated heterocycles. The van der Waals surface area contributed by atoms with Gasteiger partial charge in [0.05, 0.1) is 18.5 Å². The van der Waals surface area contributed by atoms with E-state index in [4.69, 9.17) is 4.74 Å². The van der Waals surface area contributed by atoms with Gasteiger partial charge < -0.3 is 9.84 Å². The van der Waals surface area contributed by atoms with Gasteiger partial charge in [-0.15, -0.1) is 0 Å². The number of aromatic nitrogens is 2. The van der Waals surface area contributed by atoms with E-state index in [9.17, 15) is 14.7 Å². The number of benzene rings is 2. The molecule has 3 aromatic rings. The molecule has 0 aliphatic carbocycles. The molecule has 2 N–H and O–H groups in total. The minimum absolute atomic E-state index is 0.0510. The van der Waals surface area contributed by atoms with Crippen molar-refractivity contribution in [2.45, 2.75) is 0 Å². The highest BCUT2D eigenvalue weighted by molar-refractivity contribution is 5.81. The van der Waals surface area contributed by atoms with Crippen LogP contribution in [-0.4, -0.2) is 28.0 Å². The minimum Gasteiger partial charge on any atom is -0.497 e. The molecular weight excluding hydrogens is 346 g/mol. The van der Waals surface area contributed by atoms with Crippen LogP contribution >= 0.6 is 0 Å². The van der Waals surface area contributed by atoms with E-state index in [0.717, 1.165) is 10.3 Å². The van der Waals surface area contributed by atoms with E-state index in [2.05, 4.69) is 9.98 Å². The van der Waals surface area contributed by atoms with Crippen LogP contribution in [0, 0.1) is 0 Å². The van der Waals surface area contributed by atoms with Gasteiger partial charge in [-0.1, -0.05) is 18.2 Å². The maximum Gasteiger partial charge on any atom is 0.335 e. The Balaban J connectivity index is 1.96. The van der Waals surface area contributed by atoms with Crippen LogP contribution in [-0.2, 0) is 0 Å². The number of hydrogen-bond acceptors (Lipinski definition) is 5. The smallest absolute Gasteiger partial charge is 0.335 e. The van der Waals surface area contributed by atoms with Crippen LogP contribution < -0.4 is 16.0 Å². The predicted molar refractivity (Wildman–Crippen MR) is 105 cm³/mol. The Morgan fingerprint density at radius 1 is 1.07 bits per heavy atom. The Morgan fingerprint density at radius 2 is 1.78 bits per heavy atom. The van der Waals surface area contributed by atoms with E-state index in [-0.39, 0.29) is 5.56 Å². The second kappa shape index (κ2) is 8.01. The Labute approximate surface area is 154 Å². The van der Waals surface area contributed by atoms with E-state index in [1.807, 2.05) is 30.3 Å². The molecule has 0 spiro atoms. The van der Waals surface area contributed by atoms with Crippen molar-refractivity contribution < 1.29 is 9.84 Å². The fourth-order valence-electron chi connectivity index (χ4n) is 2.44. The van der Waals surface area contributed by atoms with Crippen LogP contribution in [0.15, 0.2) is 75.3 Å². The van der Waals surface area contributed by atoms with E-state index in [1.165, 1.54) is 25.5 Å². The number of aromatic amines is 1. The number of aromatic hydroxyl groups is 1. The van der Waals surface area contributed by atoms with Crippen molar-refractivity contribution >= 4 is 18.0 Å². The highest BCUT2D eigenvalue weighted by atomic mass is 16.5. The van der Waals surface area contributed by atoms with Gasteiger partial charge in [0.2, 0.25) is 5.88 Å². The lowest BCUT2D eigenvalue weighted by Gasteiger charge is -2.10. The summed E-state index contributed by atoms with van der Waals surface area (Å²) in [5.41, 5.74) is -0.333. The third kappa shape index (κ3) is 4.04. The fourth-order valence-corrected chi connectivity index (χ4v) is 2.44. The van der Waals surface area contributed by atoms with Crippen LogP contribution in [0.1, 0.15) is 5.56 Å². The Morgan fingerprint density at radius 3 is 2.44 bits per heavy atom. The molecule has 27 heavy (non-hydrogen) atoms. The number of methoxy groups -OCH3 is 1. The van der Waals surface area contributed by atoms with Crippen molar-refractivity contribution in [1.29, 1.82) is 0 Å². The summed E-state index contributed by atoms with van der Waals surface area (Å²) in [5, 5.41) is 10.5. The summed E-state index contributed by atoms with van der Waals surface area (Å²) >= 11 is 0. The van der Waals surface area contributed by atoms with Gasteiger partial charge in [-0.2, -0.15) is 0 Å². The highest BCUT2D eigenvalue weighted by Gasteiger charge is 2.13. The summed E-state index contributed by atoms with van der Waals surface area (Å²) in [7, 11) is 1.53. The molecule has 3 rings (SSSR count). The van der Waals surface area contributed by atoms with Gasteiger partial charge in [0, 0.05) is 6.21 Å². The second-order valence-electron chi connectivity index (χ2n) is 5.50. The number of rotatable bonds is 5. The highest BCUT2D eigenvalue weighted by Crippen LogP contribution is 2.20. The van der Waals surface area contributed by atoms with Crippen molar-refractivity contribution in [3.05, 3.63) is 87.1 Å². The number of H-pyrrole nitrogens is 1. The number of allylic oxidation sites excluding steroid dienone is 1. The summed E-state index contributed by atoms with van der Waals surface area (Å²) in [6.07, 6.45) is 4.40. The molecule has 0 aliphatic heterocycles. The van der Waals surface area contributed by atoms with Crippen LogP contribution in [0.2, 0.25) is 0 Å². The average Bonchev–Trinajstić information content (AvgIpc) is 2.68. The second-order valence-corrected chi connectivity index (χ2v) is 5.50. The van der Waals surface area contributed by atoms with Gasteiger partial charge in [0.25, 0.3) is 5.56 Å². The summed E-state index contributed by atoms with van der Waals surface area (Å²) in [6, 6.07) is 15.8. The molecule has 7 nitrogen and oxygen atoms in total. The molecule has 0 unspecified atom stereocenters. The number of nitrogens with one attached hydrogen (secondary N) is 1. The standard InChI is InChI=1S/C20H17N3O4/c1-27-16-11-9-15(10-12-16)23-19(25)17(18(24)22-20(23)26)8-5-13-21-14-6-3-2-4-7-14/h2-13,25H,1H3,(H,22,24,26)/b8-5-,21-13?. The summed E-state index contributed by atoms with van der Waals surface area (Å²) in [6.45, 7) is 0. The topological polar surface area (TPSA) is 96.7 Å². The maximum atomic E-state index is 12.1. The number of ether oxygens (including phenoxy) is 1. The average molecular weight is 363 g/mol. The molecule has 1 heterocycles. The van der Waals surface area contributed by atoms with Gasteiger partial charge in [-0.25, -0.2) is 9.36 Å².